The lowest BCUT2D eigenvalue weighted by molar-refractivity contribution is -0.150. The molecule has 220 valence electrons. The second-order valence-corrected chi connectivity index (χ2v) is 12.0. The summed E-state index contributed by atoms with van der Waals surface area (Å²) in [5.41, 5.74) is 5.81. The van der Waals surface area contributed by atoms with Gasteiger partial charge in [-0.05, 0) is 37.5 Å². The molecule has 4 amide bonds. The Bertz CT molecular complexity index is 1050. The van der Waals surface area contributed by atoms with Crippen LogP contribution in [0.15, 0.2) is 12.4 Å². The molecule has 11 heteroatoms. The summed E-state index contributed by atoms with van der Waals surface area (Å²) in [5.74, 6) is -0.353. The molecule has 3 saturated heterocycles. The van der Waals surface area contributed by atoms with E-state index in [9.17, 15) is 19.2 Å². The van der Waals surface area contributed by atoms with E-state index < -0.39 is 17.2 Å². The molecule has 4 aliphatic rings. The van der Waals surface area contributed by atoms with Gasteiger partial charge in [0, 0.05) is 78.8 Å². The molecule has 1 aromatic rings. The monoisotopic (exact) mass is 548 g/mol. The number of aromatic nitrogens is 2. The number of aliphatic hydroxyl groups excluding tert-OH is 1. The summed E-state index contributed by atoms with van der Waals surface area (Å²) < 4.78 is 1.58. The highest BCUT2D eigenvalue weighted by molar-refractivity contribution is 5.95. The lowest BCUT2D eigenvalue weighted by atomic mass is 9.71. The molecule has 2 atom stereocenters. The van der Waals surface area contributed by atoms with E-state index in [2.05, 4.69) is 25.9 Å². The second kappa shape index (κ2) is 12.5. The van der Waals surface area contributed by atoms with Crippen molar-refractivity contribution in [2.45, 2.75) is 59.3 Å². The van der Waals surface area contributed by atoms with Crippen molar-refractivity contribution in [2.24, 2.45) is 35.4 Å². The Morgan fingerprint density at radius 2 is 1.62 bits per heavy atom. The van der Waals surface area contributed by atoms with E-state index in [1.165, 1.54) is 25.5 Å². The summed E-state index contributed by atoms with van der Waals surface area (Å²) in [5, 5.41) is 11.0. The van der Waals surface area contributed by atoms with Crippen molar-refractivity contribution < 1.29 is 25.7 Å². The van der Waals surface area contributed by atoms with E-state index in [0.29, 0.717) is 37.6 Å². The summed E-state index contributed by atoms with van der Waals surface area (Å²) in [6.07, 6.45) is 9.53. The molecule has 1 aromatic heterocycles. The van der Waals surface area contributed by atoms with Crippen LogP contribution >= 0.6 is 0 Å². The van der Waals surface area contributed by atoms with Crippen LogP contribution in [0.2, 0.25) is 0 Å². The largest absolute Gasteiger partial charge is 0.400 e. The third-order valence-corrected chi connectivity index (χ3v) is 8.54. The smallest absolute Gasteiger partial charge is 0.257 e. The van der Waals surface area contributed by atoms with Crippen LogP contribution in [0.25, 0.3) is 0 Å². The predicted octanol–water partition coefficient (Wildman–Crippen LogP) is 1.51. The summed E-state index contributed by atoms with van der Waals surface area (Å²) in [7, 11) is 2.75. The number of aliphatic hydroxyl groups is 1. The highest BCUT2D eigenvalue weighted by Gasteiger charge is 2.61. The van der Waals surface area contributed by atoms with E-state index in [-0.39, 0.29) is 24.6 Å². The fourth-order valence-electron chi connectivity index (χ4n) is 6.04. The van der Waals surface area contributed by atoms with Crippen LogP contribution in [0.4, 0.5) is 0 Å². The number of nitrogens with two attached hydrogens (primary N) is 1. The lowest BCUT2D eigenvalue weighted by Crippen LogP contribution is -2.64. The Morgan fingerprint density at radius 1 is 1.03 bits per heavy atom. The minimum atomic E-state index is -0.417. The fourth-order valence-corrected chi connectivity index (χ4v) is 6.04. The van der Waals surface area contributed by atoms with Gasteiger partial charge in [-0.1, -0.05) is 20.8 Å². The highest BCUT2D eigenvalue weighted by atomic mass is 16.2. The van der Waals surface area contributed by atoms with E-state index in [4.69, 9.17) is 10.8 Å². The zero-order valence-corrected chi connectivity index (χ0v) is 24.2. The van der Waals surface area contributed by atoms with E-state index in [0.717, 1.165) is 39.5 Å². The van der Waals surface area contributed by atoms with Gasteiger partial charge < -0.3 is 25.5 Å². The van der Waals surface area contributed by atoms with Crippen molar-refractivity contribution in [1.82, 2.24) is 24.5 Å². The van der Waals surface area contributed by atoms with E-state index >= 15 is 0 Å². The zero-order chi connectivity index (χ0) is 29.0. The molecule has 0 bridgehead atoms. The SMILES string of the molecule is CCCC(=O)N1CCCCC1.CO.Cn1cc(C(=O)N2C[C@@H](C(N)=O)C3(C2)CN(C(=O)[C@H]2CC2(C)C)C3)cn1.[HH]. The molecule has 3 aliphatic heterocycles. The van der Waals surface area contributed by atoms with Gasteiger partial charge in [-0.25, -0.2) is 0 Å². The van der Waals surface area contributed by atoms with Crippen LogP contribution < -0.4 is 5.73 Å². The van der Waals surface area contributed by atoms with E-state index in [1.807, 2.05) is 9.80 Å². The number of primary amides is 1. The maximum Gasteiger partial charge on any atom is 0.257 e. The normalized spacial score (nSPS) is 24.1. The quantitative estimate of drug-likeness (QED) is 0.571. The topological polar surface area (TPSA) is 142 Å². The zero-order valence-electron chi connectivity index (χ0n) is 24.2. The first kappa shape index (κ1) is 30.6. The molecule has 0 radical (unpaired) electrons. The molecule has 4 fully saturated rings. The first-order chi connectivity index (χ1) is 18.5. The number of likely N-dealkylation sites (tertiary alicyclic amines) is 3. The van der Waals surface area contributed by atoms with Crippen LogP contribution in [0.3, 0.4) is 0 Å². The molecule has 4 heterocycles. The van der Waals surface area contributed by atoms with Gasteiger partial charge in [0.25, 0.3) is 5.91 Å². The standard InChI is InChI=1S/C18H25N5O3.C9H17NO.CH4O.H2/c1-17(2)4-12(17)16(26)23-9-18(10-23)8-22(7-13(18)14(19)24)15(25)11-5-20-21(3)6-11;1-2-6-9(11)10-7-4-3-5-8-10;1-2;/h5-6,12-13H,4,7-10H2,1-3H3,(H2,19,24);2-8H2,1H3;2H,1H3;1H/t12-,13+;;;/m1.../s1. The minimum absolute atomic E-state index is 0. The number of hydrogen-bond donors (Lipinski definition) is 2. The number of amides is 4. The Morgan fingerprint density at radius 3 is 2.10 bits per heavy atom. The maximum absolute atomic E-state index is 12.7. The van der Waals surface area contributed by atoms with Gasteiger partial charge in [0.05, 0.1) is 17.7 Å². The maximum atomic E-state index is 12.7. The minimum Gasteiger partial charge on any atom is -0.400 e. The molecule has 39 heavy (non-hydrogen) atoms. The summed E-state index contributed by atoms with van der Waals surface area (Å²) >= 11 is 0. The Kier molecular flexibility index (Phi) is 9.79. The summed E-state index contributed by atoms with van der Waals surface area (Å²) in [6, 6.07) is 0. The van der Waals surface area contributed by atoms with E-state index in [1.54, 1.807) is 22.8 Å². The van der Waals surface area contributed by atoms with Gasteiger partial charge in [-0.3, -0.25) is 23.9 Å². The number of piperidine rings is 1. The predicted molar refractivity (Wildman–Crippen MR) is 148 cm³/mol. The van der Waals surface area contributed by atoms with Crippen molar-refractivity contribution >= 4 is 23.6 Å². The van der Waals surface area contributed by atoms with Gasteiger partial charge in [-0.15, -0.1) is 0 Å². The van der Waals surface area contributed by atoms with Gasteiger partial charge in [0.15, 0.2) is 0 Å². The van der Waals surface area contributed by atoms with Gasteiger partial charge in [0.2, 0.25) is 17.7 Å². The summed E-state index contributed by atoms with van der Waals surface area (Å²) in [4.78, 5) is 54.1. The highest BCUT2D eigenvalue weighted by Crippen LogP contribution is 2.54. The van der Waals surface area contributed by atoms with Crippen molar-refractivity contribution in [3.63, 3.8) is 0 Å². The number of hydrogen-bond acceptors (Lipinski definition) is 6. The van der Waals surface area contributed by atoms with Crippen LogP contribution in [0, 0.1) is 22.7 Å². The molecule has 0 aromatic carbocycles. The molecule has 1 aliphatic carbocycles. The number of aryl methyl sites for hydroxylation is 1. The molecule has 1 spiro atoms. The third kappa shape index (κ3) is 6.80. The van der Waals surface area contributed by atoms with Gasteiger partial charge in [0.1, 0.15) is 0 Å². The van der Waals surface area contributed by atoms with Crippen molar-refractivity contribution in [3.8, 4) is 0 Å². The average molecular weight is 549 g/mol. The Labute approximate surface area is 233 Å². The molecule has 1 saturated carbocycles. The molecule has 11 nitrogen and oxygen atoms in total. The fraction of sp³-hybridized carbons (Fsp3) is 0.750. The molecular weight excluding hydrogens is 500 g/mol. The number of nitrogens with zero attached hydrogens (tertiary/aromatic N) is 5. The first-order valence-electron chi connectivity index (χ1n) is 14.1. The first-order valence-corrected chi connectivity index (χ1v) is 14.1. The second-order valence-electron chi connectivity index (χ2n) is 12.0. The van der Waals surface area contributed by atoms with Gasteiger partial charge >= 0.3 is 0 Å². The summed E-state index contributed by atoms with van der Waals surface area (Å²) in [6.45, 7) is 10.0. The molecular formula is C28H48N6O5. The number of carbonyl (C=O) groups is 4. The van der Waals surface area contributed by atoms with Crippen molar-refractivity contribution in [3.05, 3.63) is 18.0 Å². The molecule has 3 N–H and O–H groups in total. The van der Waals surface area contributed by atoms with Gasteiger partial charge in [-0.2, -0.15) is 5.10 Å². The van der Waals surface area contributed by atoms with Crippen LogP contribution in [-0.4, -0.2) is 99.6 Å². The van der Waals surface area contributed by atoms with Crippen LogP contribution in [0.1, 0.15) is 71.1 Å². The third-order valence-electron chi connectivity index (χ3n) is 8.54. The van der Waals surface area contributed by atoms with Crippen LogP contribution in [-0.2, 0) is 21.4 Å². The van der Waals surface area contributed by atoms with Crippen LogP contribution in [0.5, 0.6) is 0 Å². The van der Waals surface area contributed by atoms with Crippen molar-refractivity contribution in [2.75, 3.05) is 46.4 Å². The molecule has 5 rings (SSSR count). The Hall–Kier alpha value is -2.95. The lowest BCUT2D eigenvalue weighted by Gasteiger charge is -2.50. The number of rotatable bonds is 5. The number of carbonyl (C=O) groups excluding carboxylic acids is 4. The Balaban J connectivity index is 0.000000339. The molecule has 0 unspecified atom stereocenters. The average Bonchev–Trinajstić information content (AvgIpc) is 3.22. The van der Waals surface area contributed by atoms with Crippen molar-refractivity contribution in [1.29, 1.82) is 0 Å².